The summed E-state index contributed by atoms with van der Waals surface area (Å²) in [6.45, 7) is 5.97. The van der Waals surface area contributed by atoms with Crippen LogP contribution in [0, 0.1) is 5.82 Å². The maximum absolute atomic E-state index is 14.3. The number of piperidine rings is 2. The summed E-state index contributed by atoms with van der Waals surface area (Å²) in [6.07, 6.45) is 4.36. The lowest BCUT2D eigenvalue weighted by Gasteiger charge is -2.35. The number of H-pyrrole nitrogens is 1. The van der Waals surface area contributed by atoms with Crippen LogP contribution >= 0.6 is 0 Å². The van der Waals surface area contributed by atoms with Crippen molar-refractivity contribution >= 4 is 28.0 Å². The second-order valence-electron chi connectivity index (χ2n) is 10.7. The number of hydrogen-bond acceptors (Lipinski definition) is 7. The number of rotatable bonds is 8. The average Bonchev–Trinajstić information content (AvgIpc) is 3.57. The molecule has 0 atom stereocenters. The Morgan fingerprint density at radius 1 is 1.05 bits per heavy atom. The molecule has 2 fully saturated rings. The molecule has 0 saturated carbocycles. The molecule has 3 N–H and O–H groups in total. The number of nitrogens with zero attached hydrogens (tertiary/aromatic N) is 2. The number of hydrogen-bond donors (Lipinski definition) is 3. The van der Waals surface area contributed by atoms with Gasteiger partial charge < -0.3 is 39.1 Å². The number of amides is 1. The van der Waals surface area contributed by atoms with Crippen molar-refractivity contribution in [2.45, 2.75) is 44.4 Å². The van der Waals surface area contributed by atoms with Crippen molar-refractivity contribution in [3.05, 3.63) is 60.1 Å². The Kier molecular flexibility index (Phi) is 7.90. The topological polar surface area (TPSA) is 103 Å². The lowest BCUT2D eigenvalue weighted by atomic mass is 10.1. The average molecular weight is 551 g/mol. The quantitative estimate of drug-likeness (QED) is 0.294. The molecule has 2 aromatic carbocycles. The summed E-state index contributed by atoms with van der Waals surface area (Å²) in [4.78, 5) is 20.6. The molecule has 2 aliphatic rings. The molecule has 6 rings (SSSR count). The van der Waals surface area contributed by atoms with Crippen molar-refractivity contribution in [1.29, 1.82) is 0 Å². The Morgan fingerprint density at radius 2 is 1.77 bits per heavy atom. The molecule has 0 unspecified atom stereocenters. The fraction of sp³-hybridized carbons (Fsp3) is 0.433. The molecule has 2 aromatic heterocycles. The molecule has 2 aliphatic heterocycles. The molecule has 212 valence electrons. The van der Waals surface area contributed by atoms with E-state index in [1.54, 1.807) is 18.2 Å². The summed E-state index contributed by atoms with van der Waals surface area (Å²) in [5.74, 6) is 0.561. The van der Waals surface area contributed by atoms with Crippen LogP contribution in [-0.2, 0) is 6.61 Å². The molecular weight excluding hydrogens is 515 g/mol. The summed E-state index contributed by atoms with van der Waals surface area (Å²) in [6, 6.07) is 12.1. The summed E-state index contributed by atoms with van der Waals surface area (Å²) in [5, 5.41) is 13.8. The first kappa shape index (κ1) is 26.6. The van der Waals surface area contributed by atoms with E-state index in [1.807, 2.05) is 18.2 Å². The number of nitrogens with one attached hydrogen (secondary N) is 2. The van der Waals surface area contributed by atoms with Gasteiger partial charge in [0.25, 0.3) is 0 Å². The third kappa shape index (κ3) is 6.09. The molecule has 2 saturated heterocycles. The minimum atomic E-state index is -0.486. The van der Waals surface area contributed by atoms with Crippen LogP contribution in [0.15, 0.2) is 53.1 Å². The zero-order chi connectivity index (χ0) is 27.5. The fourth-order valence-electron chi connectivity index (χ4n) is 5.67. The van der Waals surface area contributed by atoms with Gasteiger partial charge in [0.05, 0.1) is 23.3 Å². The monoisotopic (exact) mass is 550 g/mol. The van der Waals surface area contributed by atoms with E-state index in [-0.39, 0.29) is 24.6 Å². The normalized spacial score (nSPS) is 17.9. The molecule has 40 heavy (non-hydrogen) atoms. The number of likely N-dealkylation sites (tertiary alicyclic amines) is 2. The van der Waals surface area contributed by atoms with Crippen molar-refractivity contribution in [2.75, 3.05) is 39.3 Å². The number of aliphatic hydroxyl groups is 1. The van der Waals surface area contributed by atoms with Gasteiger partial charge in [-0.3, -0.25) is 0 Å². The highest BCUT2D eigenvalue weighted by Crippen LogP contribution is 2.31. The van der Waals surface area contributed by atoms with Gasteiger partial charge in [0.1, 0.15) is 23.8 Å². The number of halogens is 1. The standard InChI is InChI=1S/C30H35FN4O5/c31-24-3-1-6-27-29(24)20(19-39-27)18-38-26-5-2-4-25-23(26)17-28(33-25)40-30(37)32-21-7-11-34(12-8-21)15-16-35-13-9-22(36)10-14-35/h1-6,17,19,21-22,33,36H,7-16,18H2,(H,32,37). The molecule has 9 nitrogen and oxygen atoms in total. The zero-order valence-electron chi connectivity index (χ0n) is 22.4. The second-order valence-corrected chi connectivity index (χ2v) is 10.7. The summed E-state index contributed by atoms with van der Waals surface area (Å²) in [7, 11) is 0. The van der Waals surface area contributed by atoms with Crippen molar-refractivity contribution in [3.8, 4) is 11.6 Å². The molecule has 0 radical (unpaired) electrons. The van der Waals surface area contributed by atoms with Crippen LogP contribution < -0.4 is 14.8 Å². The smallest absolute Gasteiger partial charge is 0.414 e. The number of fused-ring (bicyclic) bond motifs is 2. The van der Waals surface area contributed by atoms with Crippen LogP contribution in [-0.4, -0.2) is 77.4 Å². The number of carbonyl (C=O) groups is 1. The first-order chi connectivity index (χ1) is 19.5. The molecule has 0 aliphatic carbocycles. The minimum absolute atomic E-state index is 0.0716. The third-order valence-electron chi connectivity index (χ3n) is 8.01. The highest BCUT2D eigenvalue weighted by atomic mass is 19.1. The first-order valence-corrected chi connectivity index (χ1v) is 14.0. The number of aliphatic hydroxyl groups excluding tert-OH is 1. The molecule has 4 heterocycles. The van der Waals surface area contributed by atoms with Gasteiger partial charge in [0.2, 0.25) is 5.88 Å². The molecule has 0 bridgehead atoms. The van der Waals surface area contributed by atoms with E-state index in [0.29, 0.717) is 28.2 Å². The van der Waals surface area contributed by atoms with Gasteiger partial charge >= 0.3 is 6.09 Å². The van der Waals surface area contributed by atoms with Gasteiger partial charge in [0, 0.05) is 62.3 Å². The van der Waals surface area contributed by atoms with E-state index in [9.17, 15) is 14.3 Å². The fourth-order valence-corrected chi connectivity index (χ4v) is 5.67. The molecule has 0 spiro atoms. The SMILES string of the molecule is O=C(NC1CCN(CCN2CCC(O)CC2)CC1)Oc1cc2c(OCc3coc4cccc(F)c34)cccc2[nH]1. The Labute approximate surface area is 231 Å². The summed E-state index contributed by atoms with van der Waals surface area (Å²) < 4.78 is 31.4. The highest BCUT2D eigenvalue weighted by molar-refractivity contribution is 5.88. The van der Waals surface area contributed by atoms with Gasteiger partial charge in [-0.2, -0.15) is 0 Å². The number of carbonyl (C=O) groups excluding carboxylic acids is 1. The summed E-state index contributed by atoms with van der Waals surface area (Å²) in [5.41, 5.74) is 1.86. The van der Waals surface area contributed by atoms with E-state index in [2.05, 4.69) is 20.1 Å². The lowest BCUT2D eigenvalue weighted by molar-refractivity contribution is 0.0739. The van der Waals surface area contributed by atoms with Crippen molar-refractivity contribution in [1.82, 2.24) is 20.1 Å². The van der Waals surface area contributed by atoms with E-state index in [4.69, 9.17) is 13.9 Å². The Morgan fingerprint density at radius 3 is 2.55 bits per heavy atom. The Bertz CT molecular complexity index is 1450. The Hall–Kier alpha value is -3.60. The maximum atomic E-state index is 14.3. The second kappa shape index (κ2) is 11.9. The Balaban J connectivity index is 0.994. The van der Waals surface area contributed by atoms with Gasteiger partial charge in [-0.1, -0.05) is 12.1 Å². The number of furan rings is 1. The van der Waals surface area contributed by atoms with Crippen LogP contribution in [0.2, 0.25) is 0 Å². The predicted octanol–water partition coefficient (Wildman–Crippen LogP) is 4.64. The largest absolute Gasteiger partial charge is 0.488 e. The van der Waals surface area contributed by atoms with E-state index >= 15 is 0 Å². The molecular formula is C30H35FN4O5. The lowest BCUT2D eigenvalue weighted by Crippen LogP contribution is -2.47. The number of aromatic nitrogens is 1. The van der Waals surface area contributed by atoms with E-state index in [0.717, 1.165) is 75.9 Å². The van der Waals surface area contributed by atoms with Crippen LogP contribution in [0.25, 0.3) is 21.9 Å². The van der Waals surface area contributed by atoms with Crippen molar-refractivity contribution in [2.24, 2.45) is 0 Å². The van der Waals surface area contributed by atoms with Gasteiger partial charge in [0.15, 0.2) is 0 Å². The van der Waals surface area contributed by atoms with E-state index in [1.165, 1.54) is 12.3 Å². The molecule has 10 heteroatoms. The summed E-state index contributed by atoms with van der Waals surface area (Å²) >= 11 is 0. The van der Waals surface area contributed by atoms with Crippen LogP contribution in [0.3, 0.4) is 0 Å². The highest BCUT2D eigenvalue weighted by Gasteiger charge is 2.23. The maximum Gasteiger partial charge on any atom is 0.414 e. The number of ether oxygens (including phenoxy) is 2. The molecule has 4 aromatic rings. The van der Waals surface area contributed by atoms with Gasteiger partial charge in [-0.05, 0) is 49.9 Å². The number of benzene rings is 2. The first-order valence-electron chi connectivity index (χ1n) is 14.0. The zero-order valence-corrected chi connectivity index (χ0v) is 22.4. The van der Waals surface area contributed by atoms with Gasteiger partial charge in [-0.25, -0.2) is 9.18 Å². The van der Waals surface area contributed by atoms with Gasteiger partial charge in [-0.15, -0.1) is 0 Å². The van der Waals surface area contributed by atoms with Crippen LogP contribution in [0.1, 0.15) is 31.2 Å². The van der Waals surface area contributed by atoms with Crippen LogP contribution in [0.4, 0.5) is 9.18 Å². The van der Waals surface area contributed by atoms with Crippen LogP contribution in [0.5, 0.6) is 11.6 Å². The number of aromatic amines is 1. The van der Waals surface area contributed by atoms with Crippen molar-refractivity contribution in [3.63, 3.8) is 0 Å². The van der Waals surface area contributed by atoms with E-state index < -0.39 is 6.09 Å². The van der Waals surface area contributed by atoms with Crippen molar-refractivity contribution < 1.29 is 28.2 Å². The minimum Gasteiger partial charge on any atom is -0.488 e. The predicted molar refractivity (Wildman–Crippen MR) is 149 cm³/mol. The third-order valence-corrected chi connectivity index (χ3v) is 8.01. The molecule has 1 amide bonds.